The van der Waals surface area contributed by atoms with Crippen molar-refractivity contribution >= 4 is 18.0 Å². The molecular weight excluding hydrogens is 276 g/mol. The summed E-state index contributed by atoms with van der Waals surface area (Å²) in [5.74, 6) is -1.94. The van der Waals surface area contributed by atoms with Crippen LogP contribution in [-0.2, 0) is 14.3 Å². The molecule has 0 spiro atoms. The SMILES string of the molecule is COC(=O)C1CCCN(C(=O)NC2CCCC2C(=O)O)C1. The van der Waals surface area contributed by atoms with E-state index in [2.05, 4.69) is 5.32 Å². The lowest BCUT2D eigenvalue weighted by atomic mass is 9.98. The number of carboxylic acids is 1. The predicted molar refractivity (Wildman–Crippen MR) is 73.6 cm³/mol. The summed E-state index contributed by atoms with van der Waals surface area (Å²) in [5.41, 5.74) is 0. The number of aliphatic carboxylic acids is 1. The van der Waals surface area contributed by atoms with E-state index in [4.69, 9.17) is 9.84 Å². The van der Waals surface area contributed by atoms with E-state index in [0.29, 0.717) is 25.9 Å². The van der Waals surface area contributed by atoms with E-state index in [-0.39, 0.29) is 24.0 Å². The molecule has 0 aromatic carbocycles. The van der Waals surface area contributed by atoms with E-state index in [1.807, 2.05) is 0 Å². The number of amides is 2. The summed E-state index contributed by atoms with van der Waals surface area (Å²) < 4.78 is 4.72. The minimum absolute atomic E-state index is 0.276. The summed E-state index contributed by atoms with van der Waals surface area (Å²) >= 11 is 0. The Balaban J connectivity index is 1.90. The fraction of sp³-hybridized carbons (Fsp3) is 0.786. The van der Waals surface area contributed by atoms with E-state index in [1.54, 1.807) is 4.90 Å². The van der Waals surface area contributed by atoms with Gasteiger partial charge in [-0.15, -0.1) is 0 Å². The van der Waals surface area contributed by atoms with Crippen molar-refractivity contribution in [3.05, 3.63) is 0 Å². The van der Waals surface area contributed by atoms with E-state index in [1.165, 1.54) is 7.11 Å². The number of hydrogen-bond acceptors (Lipinski definition) is 4. The van der Waals surface area contributed by atoms with Gasteiger partial charge in [0.2, 0.25) is 0 Å². The van der Waals surface area contributed by atoms with E-state index in [0.717, 1.165) is 19.3 Å². The third-order valence-corrected chi connectivity index (χ3v) is 4.39. The van der Waals surface area contributed by atoms with Crippen LogP contribution in [0.1, 0.15) is 32.1 Å². The molecule has 1 saturated heterocycles. The highest BCUT2D eigenvalue weighted by molar-refractivity contribution is 5.79. The van der Waals surface area contributed by atoms with Gasteiger partial charge in [-0.25, -0.2) is 4.79 Å². The molecule has 3 unspecified atom stereocenters. The smallest absolute Gasteiger partial charge is 0.317 e. The first-order valence-electron chi connectivity index (χ1n) is 7.39. The Morgan fingerprint density at radius 1 is 1.19 bits per heavy atom. The van der Waals surface area contributed by atoms with Gasteiger partial charge in [-0.1, -0.05) is 6.42 Å². The number of carboxylic acid groups (broad SMARTS) is 1. The van der Waals surface area contributed by atoms with Gasteiger partial charge in [0, 0.05) is 19.1 Å². The minimum atomic E-state index is -0.858. The number of carbonyl (C=O) groups excluding carboxylic acids is 2. The molecule has 0 aromatic rings. The van der Waals surface area contributed by atoms with Crippen LogP contribution in [0.5, 0.6) is 0 Å². The lowest BCUT2D eigenvalue weighted by Gasteiger charge is -2.32. The van der Waals surface area contributed by atoms with Crippen LogP contribution in [0.4, 0.5) is 4.79 Å². The van der Waals surface area contributed by atoms with Crippen molar-refractivity contribution in [1.82, 2.24) is 10.2 Å². The summed E-state index contributed by atoms with van der Waals surface area (Å²) in [6.07, 6.45) is 3.58. The highest BCUT2D eigenvalue weighted by Crippen LogP contribution is 2.26. The Bertz CT molecular complexity index is 426. The largest absolute Gasteiger partial charge is 0.481 e. The van der Waals surface area contributed by atoms with Gasteiger partial charge in [-0.3, -0.25) is 9.59 Å². The van der Waals surface area contributed by atoms with E-state index in [9.17, 15) is 14.4 Å². The van der Waals surface area contributed by atoms with Crippen LogP contribution >= 0.6 is 0 Å². The molecule has 2 amide bonds. The number of carbonyl (C=O) groups is 3. The zero-order chi connectivity index (χ0) is 15.4. The summed E-state index contributed by atoms with van der Waals surface area (Å²) in [6.45, 7) is 0.923. The van der Waals surface area contributed by atoms with Gasteiger partial charge in [0.1, 0.15) is 0 Å². The Kier molecular flexibility index (Phi) is 5.03. The van der Waals surface area contributed by atoms with Crippen LogP contribution in [0.3, 0.4) is 0 Å². The molecule has 0 radical (unpaired) electrons. The normalized spacial score (nSPS) is 29.0. The summed E-state index contributed by atoms with van der Waals surface area (Å²) in [5, 5.41) is 11.9. The third-order valence-electron chi connectivity index (χ3n) is 4.39. The Morgan fingerprint density at radius 2 is 1.95 bits per heavy atom. The highest BCUT2D eigenvalue weighted by atomic mass is 16.5. The summed E-state index contributed by atoms with van der Waals surface area (Å²) in [6, 6.07) is -0.588. The van der Waals surface area contributed by atoms with Gasteiger partial charge < -0.3 is 20.1 Å². The fourth-order valence-corrected chi connectivity index (χ4v) is 3.20. The first-order chi connectivity index (χ1) is 10.0. The average molecular weight is 298 g/mol. The van der Waals surface area contributed by atoms with E-state index >= 15 is 0 Å². The number of likely N-dealkylation sites (tertiary alicyclic amines) is 1. The second-order valence-corrected chi connectivity index (χ2v) is 5.74. The quantitative estimate of drug-likeness (QED) is 0.753. The van der Waals surface area contributed by atoms with Crippen molar-refractivity contribution < 1.29 is 24.2 Å². The van der Waals surface area contributed by atoms with Crippen LogP contribution < -0.4 is 5.32 Å². The van der Waals surface area contributed by atoms with Crippen LogP contribution in [-0.4, -0.2) is 54.2 Å². The topological polar surface area (TPSA) is 95.9 Å². The van der Waals surface area contributed by atoms with Crippen LogP contribution in [0.15, 0.2) is 0 Å². The van der Waals surface area contributed by atoms with Gasteiger partial charge in [-0.2, -0.15) is 0 Å². The first kappa shape index (κ1) is 15.6. The Labute approximate surface area is 123 Å². The first-order valence-corrected chi connectivity index (χ1v) is 7.39. The fourth-order valence-electron chi connectivity index (χ4n) is 3.20. The molecule has 2 rings (SSSR count). The number of hydrogen-bond donors (Lipinski definition) is 2. The molecule has 0 bridgehead atoms. The third kappa shape index (κ3) is 3.65. The van der Waals surface area contributed by atoms with Crippen LogP contribution in [0, 0.1) is 11.8 Å². The van der Waals surface area contributed by atoms with Gasteiger partial charge in [0.25, 0.3) is 0 Å². The number of methoxy groups -OCH3 is 1. The molecule has 2 aliphatic rings. The van der Waals surface area contributed by atoms with Crippen molar-refractivity contribution in [3.63, 3.8) is 0 Å². The second kappa shape index (κ2) is 6.78. The molecule has 2 fully saturated rings. The monoisotopic (exact) mass is 298 g/mol. The minimum Gasteiger partial charge on any atom is -0.481 e. The molecular formula is C14H22N2O5. The molecule has 21 heavy (non-hydrogen) atoms. The van der Waals surface area contributed by atoms with Crippen molar-refractivity contribution in [2.45, 2.75) is 38.1 Å². The molecule has 3 atom stereocenters. The van der Waals surface area contributed by atoms with E-state index < -0.39 is 11.9 Å². The molecule has 0 aromatic heterocycles. The average Bonchev–Trinajstić information content (AvgIpc) is 2.94. The maximum atomic E-state index is 12.2. The van der Waals surface area contributed by atoms with Gasteiger partial charge in [0.15, 0.2) is 0 Å². The maximum Gasteiger partial charge on any atom is 0.317 e. The Hall–Kier alpha value is -1.79. The van der Waals surface area contributed by atoms with Crippen molar-refractivity contribution in [1.29, 1.82) is 0 Å². The molecule has 1 saturated carbocycles. The molecule has 1 aliphatic carbocycles. The van der Waals surface area contributed by atoms with Crippen LogP contribution in [0.25, 0.3) is 0 Å². The lowest BCUT2D eigenvalue weighted by molar-refractivity contribution is -0.146. The number of piperidine rings is 1. The summed E-state index contributed by atoms with van der Waals surface area (Å²) in [7, 11) is 1.34. The summed E-state index contributed by atoms with van der Waals surface area (Å²) in [4.78, 5) is 36.5. The maximum absolute atomic E-state index is 12.2. The molecule has 118 valence electrons. The molecule has 2 N–H and O–H groups in total. The lowest BCUT2D eigenvalue weighted by Crippen LogP contribution is -2.51. The number of urea groups is 1. The molecule has 1 heterocycles. The number of ether oxygens (including phenoxy) is 1. The van der Waals surface area contributed by atoms with Gasteiger partial charge in [-0.05, 0) is 25.7 Å². The van der Waals surface area contributed by atoms with Crippen molar-refractivity contribution in [3.8, 4) is 0 Å². The predicted octanol–water partition coefficient (Wildman–Crippen LogP) is 0.834. The number of nitrogens with one attached hydrogen (secondary N) is 1. The number of rotatable bonds is 3. The highest BCUT2D eigenvalue weighted by Gasteiger charge is 2.36. The van der Waals surface area contributed by atoms with Gasteiger partial charge >= 0.3 is 18.0 Å². The van der Waals surface area contributed by atoms with Crippen LogP contribution in [0.2, 0.25) is 0 Å². The molecule has 7 nitrogen and oxygen atoms in total. The van der Waals surface area contributed by atoms with Crippen molar-refractivity contribution in [2.24, 2.45) is 11.8 Å². The zero-order valence-corrected chi connectivity index (χ0v) is 12.2. The van der Waals surface area contributed by atoms with Gasteiger partial charge in [0.05, 0.1) is 18.9 Å². The Morgan fingerprint density at radius 3 is 2.62 bits per heavy atom. The van der Waals surface area contributed by atoms with Crippen molar-refractivity contribution in [2.75, 3.05) is 20.2 Å². The molecule has 7 heteroatoms. The molecule has 1 aliphatic heterocycles. The zero-order valence-electron chi connectivity index (χ0n) is 12.2. The standard InChI is InChI=1S/C14H22N2O5/c1-21-13(19)9-4-3-7-16(8-9)14(20)15-11-6-2-5-10(11)12(17)18/h9-11H,2-8H2,1H3,(H,15,20)(H,17,18). The number of esters is 1. The second-order valence-electron chi connectivity index (χ2n) is 5.74. The number of nitrogens with zero attached hydrogens (tertiary/aromatic N) is 1.